The molecule has 0 unspecified atom stereocenters. The van der Waals surface area contributed by atoms with Crippen LogP contribution in [0.1, 0.15) is 60.3 Å². The number of rotatable bonds is 1. The molecule has 4 fully saturated rings. The van der Waals surface area contributed by atoms with Crippen molar-refractivity contribution < 1.29 is 51.0 Å². The molecule has 0 heterocycles. The van der Waals surface area contributed by atoms with Gasteiger partial charge in [0, 0.05) is 0 Å². The van der Waals surface area contributed by atoms with Crippen LogP contribution in [0.5, 0.6) is 0 Å². The zero-order chi connectivity index (χ0) is 19.4. The average Bonchev–Trinajstić information content (AvgIpc) is 3.31. The van der Waals surface area contributed by atoms with Crippen LogP contribution in [0.25, 0.3) is 11.1 Å². The van der Waals surface area contributed by atoms with Crippen LogP contribution in [0.2, 0.25) is 0 Å². The number of hydrogen-bond donors (Lipinski definition) is 0. The number of aryl methyl sites for hydroxylation is 1. The van der Waals surface area contributed by atoms with Crippen LogP contribution in [-0.4, -0.2) is 0 Å². The minimum absolute atomic E-state index is 0. The second kappa shape index (κ2) is 10.7. The third-order valence-electron chi connectivity index (χ3n) is 8.16. The van der Waals surface area contributed by atoms with E-state index >= 15 is 0 Å². The summed E-state index contributed by atoms with van der Waals surface area (Å²) in [6.07, 6.45) is 8.79. The number of fused-ring (bicyclic) bond motifs is 3. The molecule has 8 rings (SSSR count). The van der Waals surface area contributed by atoms with Gasteiger partial charge < -0.3 is 24.8 Å². The quantitative estimate of drug-likeness (QED) is 0.320. The van der Waals surface area contributed by atoms with E-state index in [0.717, 1.165) is 36.0 Å². The molecule has 0 spiro atoms. The molecule has 3 aromatic carbocycles. The summed E-state index contributed by atoms with van der Waals surface area (Å²) in [5.74, 6) is 5.22. The first-order valence-corrected chi connectivity index (χ1v) is 11.6. The van der Waals surface area contributed by atoms with E-state index in [0.29, 0.717) is 0 Å². The summed E-state index contributed by atoms with van der Waals surface area (Å²) in [5.41, 5.74) is 8.64. The van der Waals surface area contributed by atoms with Gasteiger partial charge in [0.1, 0.15) is 0 Å². The van der Waals surface area contributed by atoms with Crippen molar-refractivity contribution in [3.8, 4) is 11.1 Å². The molecule has 3 heteroatoms. The Labute approximate surface area is 224 Å². The second-order valence-corrected chi connectivity index (χ2v) is 10.1. The van der Waals surface area contributed by atoms with E-state index in [1.165, 1.54) is 27.8 Å². The van der Waals surface area contributed by atoms with Gasteiger partial charge in [0.15, 0.2) is 0 Å². The molecule has 4 saturated carbocycles. The fourth-order valence-corrected chi connectivity index (χ4v) is 7.26. The van der Waals surface area contributed by atoms with Crippen LogP contribution in [0.4, 0.5) is 0 Å². The van der Waals surface area contributed by atoms with Gasteiger partial charge in [-0.1, -0.05) is 48.2 Å². The van der Waals surface area contributed by atoms with E-state index in [-0.39, 0.29) is 51.0 Å². The van der Waals surface area contributed by atoms with Crippen molar-refractivity contribution in [3.05, 3.63) is 89.0 Å². The Morgan fingerprint density at radius 3 is 2.16 bits per heavy atom. The van der Waals surface area contributed by atoms with Gasteiger partial charge in [0.05, 0.1) is 0 Å². The molecule has 3 aromatic rings. The molecule has 0 aliphatic heterocycles. The molecule has 0 saturated heterocycles. The SMILES string of the molecule is Cc1cc(C2C3CC4CC(C3)CC2C4)c[cH-]1.[Cl-].[Cl-].[Zr+4].[c-]1cccc2c1Cc1ccccc1-2. The first-order valence-electron chi connectivity index (χ1n) is 11.6. The maximum atomic E-state index is 3.30. The standard InChI is InChI=1S/C16H21.C13H9.2ClH.Zr/c1-10-2-3-13(4-10)16-14-6-11-5-12(8-14)9-15(16)7-11;1-3-7-12-10(5-1)9-11-6-2-4-8-13(11)12;;;/h2-4,11-12,14-16H,5-9H2,1H3;1-5,7-8H,9H2;2*1H;/q2*-1;;;+4/p-2. The molecular weight excluding hydrogens is 510 g/mol. The summed E-state index contributed by atoms with van der Waals surface area (Å²) in [7, 11) is 0. The molecule has 5 aliphatic rings. The molecule has 0 aromatic heterocycles. The van der Waals surface area contributed by atoms with Crippen molar-refractivity contribution in [1.82, 2.24) is 0 Å². The molecule has 0 N–H and O–H groups in total. The first kappa shape index (κ1) is 25.9. The van der Waals surface area contributed by atoms with Crippen molar-refractivity contribution in [2.24, 2.45) is 23.7 Å². The maximum Gasteiger partial charge on any atom is 4.00 e. The van der Waals surface area contributed by atoms with Gasteiger partial charge in [-0.3, -0.25) is 0 Å². The molecule has 164 valence electrons. The first-order chi connectivity index (χ1) is 14.2. The van der Waals surface area contributed by atoms with Gasteiger partial charge in [-0.15, -0.1) is 5.56 Å². The summed E-state index contributed by atoms with van der Waals surface area (Å²) < 4.78 is 0. The summed E-state index contributed by atoms with van der Waals surface area (Å²) in [6.45, 7) is 2.24. The maximum absolute atomic E-state index is 3.30. The Kier molecular flexibility index (Phi) is 8.63. The predicted molar refractivity (Wildman–Crippen MR) is 120 cm³/mol. The van der Waals surface area contributed by atoms with Gasteiger partial charge in [0.25, 0.3) is 0 Å². The summed E-state index contributed by atoms with van der Waals surface area (Å²) >= 11 is 0. The molecule has 0 radical (unpaired) electrons. The van der Waals surface area contributed by atoms with Crippen molar-refractivity contribution in [2.75, 3.05) is 0 Å². The van der Waals surface area contributed by atoms with Gasteiger partial charge in [-0.05, 0) is 62.2 Å². The summed E-state index contributed by atoms with van der Waals surface area (Å²) in [5, 5.41) is 0. The normalized spacial score (nSPS) is 27.6. The van der Waals surface area contributed by atoms with Crippen molar-refractivity contribution >= 4 is 0 Å². The Bertz CT molecular complexity index is 965. The van der Waals surface area contributed by atoms with E-state index < -0.39 is 0 Å². The van der Waals surface area contributed by atoms with Gasteiger partial charge in [0.2, 0.25) is 0 Å². The minimum atomic E-state index is 0. The Hall–Kier alpha value is -0.747. The largest absolute Gasteiger partial charge is 4.00 e. The van der Waals surface area contributed by atoms with Crippen LogP contribution >= 0.6 is 0 Å². The summed E-state index contributed by atoms with van der Waals surface area (Å²) in [6, 6.07) is 25.3. The monoisotopic (exact) mass is 538 g/mol. The third kappa shape index (κ3) is 4.73. The van der Waals surface area contributed by atoms with Crippen molar-refractivity contribution in [3.63, 3.8) is 0 Å². The Balaban J connectivity index is 0.000000168. The molecule has 5 aliphatic carbocycles. The van der Waals surface area contributed by atoms with E-state index in [9.17, 15) is 0 Å². The second-order valence-electron chi connectivity index (χ2n) is 10.1. The zero-order valence-electron chi connectivity index (χ0n) is 18.7. The number of halogens is 2. The number of benzene rings is 2. The molecular formula is C29H30Cl2Zr. The van der Waals surface area contributed by atoms with Gasteiger partial charge in [-0.2, -0.15) is 53.1 Å². The predicted octanol–water partition coefficient (Wildman–Crippen LogP) is 1.32. The van der Waals surface area contributed by atoms with E-state index in [1.54, 1.807) is 37.7 Å². The van der Waals surface area contributed by atoms with E-state index in [4.69, 9.17) is 0 Å². The van der Waals surface area contributed by atoms with Crippen LogP contribution in [-0.2, 0) is 32.6 Å². The molecule has 0 nitrogen and oxygen atoms in total. The molecule has 32 heavy (non-hydrogen) atoms. The fraction of sp³-hybridized carbons (Fsp3) is 0.414. The zero-order valence-corrected chi connectivity index (χ0v) is 22.6. The average molecular weight is 541 g/mol. The Morgan fingerprint density at radius 1 is 0.844 bits per heavy atom. The Morgan fingerprint density at radius 2 is 1.50 bits per heavy atom. The van der Waals surface area contributed by atoms with Gasteiger partial charge in [-0.25, -0.2) is 6.07 Å². The van der Waals surface area contributed by atoms with E-state index in [2.05, 4.69) is 67.6 Å². The van der Waals surface area contributed by atoms with Crippen LogP contribution in [0.3, 0.4) is 0 Å². The van der Waals surface area contributed by atoms with Gasteiger partial charge >= 0.3 is 26.2 Å². The molecule has 0 amide bonds. The third-order valence-corrected chi connectivity index (χ3v) is 8.16. The fourth-order valence-electron chi connectivity index (χ4n) is 7.26. The molecule has 0 atom stereocenters. The minimum Gasteiger partial charge on any atom is -1.00 e. The van der Waals surface area contributed by atoms with Crippen LogP contribution in [0, 0.1) is 36.7 Å². The van der Waals surface area contributed by atoms with Crippen molar-refractivity contribution in [2.45, 2.75) is 51.4 Å². The van der Waals surface area contributed by atoms with Crippen molar-refractivity contribution in [1.29, 1.82) is 0 Å². The number of hydrogen-bond acceptors (Lipinski definition) is 0. The van der Waals surface area contributed by atoms with Crippen LogP contribution in [0.15, 0.2) is 60.7 Å². The van der Waals surface area contributed by atoms with Crippen LogP contribution < -0.4 is 24.8 Å². The van der Waals surface area contributed by atoms with E-state index in [1.807, 2.05) is 6.07 Å². The molecule has 4 bridgehead atoms. The topological polar surface area (TPSA) is 0 Å². The summed E-state index contributed by atoms with van der Waals surface area (Å²) in [4.78, 5) is 0. The smallest absolute Gasteiger partial charge is 1.00 e.